The SMILES string of the molecule is CCOC(=O)CCc1cncc(C(F)(F)F)c1. The minimum absolute atomic E-state index is 0.0524. The maximum Gasteiger partial charge on any atom is 0.417 e. The molecule has 1 heterocycles. The predicted molar refractivity (Wildman–Crippen MR) is 54.2 cm³/mol. The lowest BCUT2D eigenvalue weighted by Crippen LogP contribution is -2.08. The molecule has 0 bridgehead atoms. The Morgan fingerprint density at radius 2 is 2.12 bits per heavy atom. The first-order valence-electron chi connectivity index (χ1n) is 5.10. The lowest BCUT2D eigenvalue weighted by Gasteiger charge is -2.07. The molecule has 6 heteroatoms. The van der Waals surface area contributed by atoms with Crippen LogP contribution < -0.4 is 0 Å². The van der Waals surface area contributed by atoms with Crippen LogP contribution in [0.2, 0.25) is 0 Å². The number of alkyl halides is 3. The van der Waals surface area contributed by atoms with Gasteiger partial charge in [0.05, 0.1) is 12.2 Å². The molecule has 0 aromatic carbocycles. The summed E-state index contributed by atoms with van der Waals surface area (Å²) in [6, 6.07) is 0.992. The molecule has 17 heavy (non-hydrogen) atoms. The minimum Gasteiger partial charge on any atom is -0.466 e. The first-order valence-corrected chi connectivity index (χ1v) is 5.10. The average molecular weight is 247 g/mol. The maximum absolute atomic E-state index is 12.4. The predicted octanol–water partition coefficient (Wildman–Crippen LogP) is 2.60. The molecular formula is C11H12F3NO2. The van der Waals surface area contributed by atoms with Crippen LogP contribution in [0.15, 0.2) is 18.5 Å². The van der Waals surface area contributed by atoms with Crippen molar-refractivity contribution in [2.75, 3.05) is 6.61 Å². The smallest absolute Gasteiger partial charge is 0.417 e. The molecule has 0 N–H and O–H groups in total. The summed E-state index contributed by atoms with van der Waals surface area (Å²) in [7, 11) is 0. The highest BCUT2D eigenvalue weighted by molar-refractivity contribution is 5.69. The van der Waals surface area contributed by atoms with Crippen molar-refractivity contribution >= 4 is 5.97 Å². The van der Waals surface area contributed by atoms with Crippen molar-refractivity contribution in [3.63, 3.8) is 0 Å². The number of hydrogen-bond acceptors (Lipinski definition) is 3. The first-order chi connectivity index (χ1) is 7.93. The van der Waals surface area contributed by atoms with Crippen LogP contribution in [0, 0.1) is 0 Å². The molecule has 0 unspecified atom stereocenters. The second kappa shape index (κ2) is 5.65. The van der Waals surface area contributed by atoms with E-state index in [1.807, 2.05) is 0 Å². The molecule has 0 radical (unpaired) electrons. The Morgan fingerprint density at radius 3 is 2.71 bits per heavy atom. The highest BCUT2D eigenvalue weighted by Gasteiger charge is 2.30. The van der Waals surface area contributed by atoms with E-state index in [-0.39, 0.29) is 19.4 Å². The fraction of sp³-hybridized carbons (Fsp3) is 0.455. The van der Waals surface area contributed by atoms with Crippen molar-refractivity contribution < 1.29 is 22.7 Å². The lowest BCUT2D eigenvalue weighted by molar-refractivity contribution is -0.143. The van der Waals surface area contributed by atoms with E-state index in [2.05, 4.69) is 9.72 Å². The first kappa shape index (κ1) is 13.5. The molecule has 0 saturated heterocycles. The molecule has 0 fully saturated rings. The van der Waals surface area contributed by atoms with Crippen LogP contribution in [-0.2, 0) is 22.1 Å². The van der Waals surface area contributed by atoms with Crippen LogP contribution in [0.4, 0.5) is 13.2 Å². The summed E-state index contributed by atoms with van der Waals surface area (Å²) < 4.78 is 41.7. The number of carbonyl (C=O) groups is 1. The van der Waals surface area contributed by atoms with Crippen molar-refractivity contribution in [1.82, 2.24) is 4.98 Å². The summed E-state index contributed by atoms with van der Waals surface area (Å²) in [6.07, 6.45) is -2.10. The Hall–Kier alpha value is -1.59. The minimum atomic E-state index is -4.41. The summed E-state index contributed by atoms with van der Waals surface area (Å²) >= 11 is 0. The second-order valence-corrected chi connectivity index (χ2v) is 3.38. The van der Waals surface area contributed by atoms with Crippen molar-refractivity contribution in [2.45, 2.75) is 25.9 Å². The van der Waals surface area contributed by atoms with Crippen LogP contribution in [0.1, 0.15) is 24.5 Å². The van der Waals surface area contributed by atoms with E-state index in [0.717, 1.165) is 12.3 Å². The monoisotopic (exact) mass is 247 g/mol. The molecule has 94 valence electrons. The third kappa shape index (κ3) is 4.42. The van der Waals surface area contributed by atoms with E-state index in [1.165, 1.54) is 6.20 Å². The van der Waals surface area contributed by atoms with Gasteiger partial charge in [-0.05, 0) is 25.0 Å². The molecule has 0 aliphatic rings. The molecule has 0 spiro atoms. The Kier molecular flexibility index (Phi) is 4.48. The van der Waals surface area contributed by atoms with Crippen LogP contribution in [0.25, 0.3) is 0 Å². The quantitative estimate of drug-likeness (QED) is 0.768. The number of esters is 1. The third-order valence-corrected chi connectivity index (χ3v) is 2.05. The zero-order chi connectivity index (χ0) is 12.9. The Morgan fingerprint density at radius 1 is 1.41 bits per heavy atom. The Bertz CT molecular complexity index is 391. The summed E-state index contributed by atoms with van der Waals surface area (Å²) in [6.45, 7) is 1.93. The van der Waals surface area contributed by atoms with Gasteiger partial charge in [0.2, 0.25) is 0 Å². The number of nitrogens with zero attached hydrogens (tertiary/aromatic N) is 1. The number of hydrogen-bond donors (Lipinski definition) is 0. The number of halogens is 3. The number of aromatic nitrogens is 1. The zero-order valence-corrected chi connectivity index (χ0v) is 9.25. The highest BCUT2D eigenvalue weighted by atomic mass is 19.4. The van der Waals surface area contributed by atoms with Crippen LogP contribution in [0.3, 0.4) is 0 Å². The third-order valence-electron chi connectivity index (χ3n) is 2.05. The van der Waals surface area contributed by atoms with Crippen LogP contribution >= 0.6 is 0 Å². The molecule has 0 atom stereocenters. The number of carbonyl (C=O) groups excluding carboxylic acids is 1. The molecule has 3 nitrogen and oxygen atoms in total. The van der Waals surface area contributed by atoms with Crippen molar-refractivity contribution in [1.29, 1.82) is 0 Å². The number of ether oxygens (including phenoxy) is 1. The zero-order valence-electron chi connectivity index (χ0n) is 9.25. The molecule has 0 aliphatic heterocycles. The topological polar surface area (TPSA) is 39.2 Å². The fourth-order valence-electron chi connectivity index (χ4n) is 1.26. The fourth-order valence-corrected chi connectivity index (χ4v) is 1.26. The van der Waals surface area contributed by atoms with Crippen LogP contribution in [0.5, 0.6) is 0 Å². The van der Waals surface area contributed by atoms with Crippen molar-refractivity contribution in [3.05, 3.63) is 29.6 Å². The van der Waals surface area contributed by atoms with E-state index < -0.39 is 17.7 Å². The van der Waals surface area contributed by atoms with Gasteiger partial charge in [-0.1, -0.05) is 0 Å². The molecule has 1 aromatic heterocycles. The summed E-state index contributed by atoms with van der Waals surface area (Å²) in [4.78, 5) is 14.5. The summed E-state index contributed by atoms with van der Waals surface area (Å²) in [5, 5.41) is 0. The normalized spacial score (nSPS) is 11.3. The van der Waals surface area contributed by atoms with Crippen molar-refractivity contribution in [2.24, 2.45) is 0 Å². The van der Waals surface area contributed by atoms with Gasteiger partial charge in [0, 0.05) is 18.8 Å². The standard InChI is InChI=1S/C11H12F3NO2/c1-2-17-10(16)4-3-8-5-9(7-15-6-8)11(12,13)14/h5-7H,2-4H2,1H3. The van der Waals surface area contributed by atoms with Gasteiger partial charge in [-0.2, -0.15) is 13.2 Å². The summed E-state index contributed by atoms with van der Waals surface area (Å²) in [5.74, 6) is -0.426. The van der Waals surface area contributed by atoms with E-state index >= 15 is 0 Å². The van der Waals surface area contributed by atoms with Gasteiger partial charge in [0.15, 0.2) is 0 Å². The number of pyridine rings is 1. The van der Waals surface area contributed by atoms with E-state index in [9.17, 15) is 18.0 Å². The van der Waals surface area contributed by atoms with Crippen molar-refractivity contribution in [3.8, 4) is 0 Å². The molecule has 0 saturated carbocycles. The van der Waals surface area contributed by atoms with Gasteiger partial charge in [-0.15, -0.1) is 0 Å². The molecule has 1 aromatic rings. The van der Waals surface area contributed by atoms with E-state index in [0.29, 0.717) is 5.56 Å². The average Bonchev–Trinajstić information content (AvgIpc) is 2.26. The molecule has 0 aliphatic carbocycles. The van der Waals surface area contributed by atoms with Crippen LogP contribution in [-0.4, -0.2) is 17.6 Å². The van der Waals surface area contributed by atoms with Gasteiger partial charge in [-0.3, -0.25) is 9.78 Å². The highest BCUT2D eigenvalue weighted by Crippen LogP contribution is 2.29. The lowest BCUT2D eigenvalue weighted by atomic mass is 10.1. The van der Waals surface area contributed by atoms with Gasteiger partial charge in [-0.25, -0.2) is 0 Å². The van der Waals surface area contributed by atoms with E-state index in [4.69, 9.17) is 0 Å². The Balaban J connectivity index is 2.64. The molecule has 1 rings (SSSR count). The van der Waals surface area contributed by atoms with Gasteiger partial charge < -0.3 is 4.74 Å². The molecular weight excluding hydrogens is 235 g/mol. The molecule has 0 amide bonds. The number of aryl methyl sites for hydroxylation is 1. The summed E-state index contributed by atoms with van der Waals surface area (Å²) in [5.41, 5.74) is -0.438. The second-order valence-electron chi connectivity index (χ2n) is 3.38. The van der Waals surface area contributed by atoms with Gasteiger partial charge in [0.1, 0.15) is 0 Å². The maximum atomic E-state index is 12.4. The van der Waals surface area contributed by atoms with Gasteiger partial charge >= 0.3 is 12.1 Å². The van der Waals surface area contributed by atoms with E-state index in [1.54, 1.807) is 6.92 Å². The van der Waals surface area contributed by atoms with Gasteiger partial charge in [0.25, 0.3) is 0 Å². The Labute approximate surface area is 96.6 Å². The largest absolute Gasteiger partial charge is 0.466 e. The number of rotatable bonds is 4.